The molecule has 0 heterocycles. The Bertz CT molecular complexity index is 920. The van der Waals surface area contributed by atoms with E-state index < -0.39 is 15.8 Å². The molecule has 0 aromatic heterocycles. The van der Waals surface area contributed by atoms with Crippen LogP contribution in [0, 0.1) is 5.82 Å². The molecule has 9 heteroatoms. The number of anilines is 2. The SMILES string of the molecule is CCOc1ccc(N(CCCC(=O)Nc2ccc(F)c(Cl)c2)S(C)(=O)=O)cc1. The molecule has 28 heavy (non-hydrogen) atoms. The van der Waals surface area contributed by atoms with Crippen molar-refractivity contribution in [2.24, 2.45) is 0 Å². The van der Waals surface area contributed by atoms with Gasteiger partial charge in [0.25, 0.3) is 0 Å². The number of amides is 1. The maximum Gasteiger partial charge on any atom is 0.232 e. The molecule has 2 rings (SSSR count). The van der Waals surface area contributed by atoms with Crippen molar-refractivity contribution >= 4 is 38.9 Å². The lowest BCUT2D eigenvalue weighted by molar-refractivity contribution is -0.116. The number of nitrogens with one attached hydrogen (secondary N) is 1. The Morgan fingerprint density at radius 3 is 2.46 bits per heavy atom. The average Bonchev–Trinajstić information content (AvgIpc) is 2.62. The summed E-state index contributed by atoms with van der Waals surface area (Å²) in [6.07, 6.45) is 1.52. The van der Waals surface area contributed by atoms with Crippen LogP contribution in [0.15, 0.2) is 42.5 Å². The van der Waals surface area contributed by atoms with Crippen molar-refractivity contribution in [3.63, 3.8) is 0 Å². The van der Waals surface area contributed by atoms with Crippen molar-refractivity contribution < 1.29 is 22.3 Å². The van der Waals surface area contributed by atoms with Crippen LogP contribution in [-0.2, 0) is 14.8 Å². The molecule has 6 nitrogen and oxygen atoms in total. The summed E-state index contributed by atoms with van der Waals surface area (Å²) in [6, 6.07) is 10.6. The van der Waals surface area contributed by atoms with Crippen LogP contribution in [0.1, 0.15) is 19.8 Å². The number of hydrogen-bond donors (Lipinski definition) is 1. The summed E-state index contributed by atoms with van der Waals surface area (Å²) in [5.74, 6) is -0.237. The largest absolute Gasteiger partial charge is 0.494 e. The molecule has 1 N–H and O–H groups in total. The number of nitrogens with zero attached hydrogens (tertiary/aromatic N) is 1. The number of sulfonamides is 1. The fraction of sp³-hybridized carbons (Fsp3) is 0.316. The molecular weight excluding hydrogens is 407 g/mol. The van der Waals surface area contributed by atoms with Gasteiger partial charge in [-0.05, 0) is 55.8 Å². The predicted molar refractivity (Wildman–Crippen MR) is 109 cm³/mol. The quantitative estimate of drug-likeness (QED) is 0.653. The van der Waals surface area contributed by atoms with E-state index in [1.54, 1.807) is 24.3 Å². The number of halogens is 2. The van der Waals surface area contributed by atoms with Gasteiger partial charge < -0.3 is 10.1 Å². The van der Waals surface area contributed by atoms with E-state index in [-0.39, 0.29) is 23.9 Å². The molecule has 0 spiro atoms. The summed E-state index contributed by atoms with van der Waals surface area (Å²) in [5, 5.41) is 2.52. The zero-order chi connectivity index (χ0) is 20.7. The zero-order valence-corrected chi connectivity index (χ0v) is 17.2. The third-order valence-corrected chi connectivity index (χ3v) is 5.29. The monoisotopic (exact) mass is 428 g/mol. The number of carbonyl (C=O) groups excluding carboxylic acids is 1. The number of ether oxygens (including phenoxy) is 1. The highest BCUT2D eigenvalue weighted by molar-refractivity contribution is 7.92. The Balaban J connectivity index is 1.96. The van der Waals surface area contributed by atoms with E-state index in [1.807, 2.05) is 6.92 Å². The lowest BCUT2D eigenvalue weighted by atomic mass is 10.2. The summed E-state index contributed by atoms with van der Waals surface area (Å²) >= 11 is 5.68. The van der Waals surface area contributed by atoms with Crippen LogP contribution >= 0.6 is 11.6 Å². The maximum atomic E-state index is 13.2. The van der Waals surface area contributed by atoms with Gasteiger partial charge in [0.15, 0.2) is 0 Å². The van der Waals surface area contributed by atoms with Gasteiger partial charge in [-0.3, -0.25) is 9.10 Å². The molecule has 152 valence electrons. The van der Waals surface area contributed by atoms with Gasteiger partial charge in [-0.25, -0.2) is 12.8 Å². The van der Waals surface area contributed by atoms with E-state index in [4.69, 9.17) is 16.3 Å². The highest BCUT2D eigenvalue weighted by Crippen LogP contribution is 2.23. The first kappa shape index (κ1) is 22.0. The van der Waals surface area contributed by atoms with Crippen LogP contribution in [0.3, 0.4) is 0 Å². The van der Waals surface area contributed by atoms with E-state index >= 15 is 0 Å². The van der Waals surface area contributed by atoms with Gasteiger partial charge in [0.2, 0.25) is 15.9 Å². The molecule has 0 fully saturated rings. The van der Waals surface area contributed by atoms with Gasteiger partial charge in [-0.15, -0.1) is 0 Å². The molecule has 0 saturated heterocycles. The average molecular weight is 429 g/mol. The van der Waals surface area contributed by atoms with Crippen molar-refractivity contribution in [3.05, 3.63) is 53.3 Å². The molecule has 0 saturated carbocycles. The van der Waals surface area contributed by atoms with E-state index in [9.17, 15) is 17.6 Å². The van der Waals surface area contributed by atoms with E-state index in [0.717, 1.165) is 12.3 Å². The minimum Gasteiger partial charge on any atom is -0.494 e. The third kappa shape index (κ3) is 6.38. The van der Waals surface area contributed by atoms with Gasteiger partial charge in [-0.2, -0.15) is 0 Å². The van der Waals surface area contributed by atoms with Crippen LogP contribution in [0.25, 0.3) is 0 Å². The summed E-state index contributed by atoms with van der Waals surface area (Å²) in [6.45, 7) is 2.52. The van der Waals surface area contributed by atoms with Crippen molar-refractivity contribution in [1.82, 2.24) is 0 Å². The predicted octanol–water partition coefficient (Wildman–Crippen LogP) is 4.06. The van der Waals surface area contributed by atoms with Gasteiger partial charge in [0, 0.05) is 18.7 Å². The second-order valence-electron chi connectivity index (χ2n) is 6.04. The smallest absolute Gasteiger partial charge is 0.232 e. The minimum atomic E-state index is -3.51. The molecule has 0 aliphatic carbocycles. The number of rotatable bonds is 9. The fourth-order valence-corrected chi connectivity index (χ4v) is 3.69. The van der Waals surface area contributed by atoms with Gasteiger partial charge in [0.05, 0.1) is 23.6 Å². The minimum absolute atomic E-state index is 0.0865. The molecule has 0 radical (unpaired) electrons. The Morgan fingerprint density at radius 1 is 1.21 bits per heavy atom. The van der Waals surface area contributed by atoms with E-state index in [2.05, 4.69) is 5.32 Å². The Kier molecular flexibility index (Phi) is 7.65. The standard InChI is InChI=1S/C19H22ClFN2O4S/c1-3-27-16-9-7-15(8-10-16)23(28(2,25)26)12-4-5-19(24)22-14-6-11-18(21)17(20)13-14/h6-11,13H,3-5,12H2,1-2H3,(H,22,24). The summed E-state index contributed by atoms with van der Waals surface area (Å²) in [5.41, 5.74) is 0.875. The second kappa shape index (κ2) is 9.75. The molecule has 0 atom stereocenters. The Labute approximate surface area is 169 Å². The third-order valence-electron chi connectivity index (χ3n) is 3.80. The molecule has 2 aromatic carbocycles. The fourth-order valence-electron chi connectivity index (χ4n) is 2.54. The molecule has 0 bridgehead atoms. The molecule has 0 aliphatic heterocycles. The number of carbonyl (C=O) groups is 1. The van der Waals surface area contributed by atoms with Crippen LogP contribution in [0.4, 0.5) is 15.8 Å². The van der Waals surface area contributed by atoms with Crippen LogP contribution in [0.2, 0.25) is 5.02 Å². The van der Waals surface area contributed by atoms with Crippen molar-refractivity contribution in [2.45, 2.75) is 19.8 Å². The van der Waals surface area contributed by atoms with Gasteiger partial charge >= 0.3 is 0 Å². The molecule has 0 aliphatic rings. The maximum absolute atomic E-state index is 13.2. The summed E-state index contributed by atoms with van der Waals surface area (Å²) in [7, 11) is -3.51. The summed E-state index contributed by atoms with van der Waals surface area (Å²) < 4.78 is 44.0. The van der Waals surface area contributed by atoms with E-state index in [1.165, 1.54) is 16.4 Å². The van der Waals surface area contributed by atoms with Crippen LogP contribution in [-0.4, -0.2) is 33.7 Å². The van der Waals surface area contributed by atoms with Crippen molar-refractivity contribution in [2.75, 3.05) is 29.0 Å². The summed E-state index contributed by atoms with van der Waals surface area (Å²) in [4.78, 5) is 12.1. The first-order valence-electron chi connectivity index (χ1n) is 8.66. The van der Waals surface area contributed by atoms with Gasteiger partial charge in [0.1, 0.15) is 11.6 Å². The molecular formula is C19H22ClFN2O4S. The van der Waals surface area contributed by atoms with Crippen molar-refractivity contribution in [3.8, 4) is 5.75 Å². The first-order valence-corrected chi connectivity index (χ1v) is 10.9. The number of benzene rings is 2. The van der Waals surface area contributed by atoms with Crippen LogP contribution < -0.4 is 14.4 Å². The lowest BCUT2D eigenvalue weighted by Gasteiger charge is -2.22. The Morgan fingerprint density at radius 2 is 1.89 bits per heavy atom. The Hall–Kier alpha value is -2.32. The van der Waals surface area contributed by atoms with Gasteiger partial charge in [-0.1, -0.05) is 11.6 Å². The highest BCUT2D eigenvalue weighted by Gasteiger charge is 2.18. The zero-order valence-electron chi connectivity index (χ0n) is 15.6. The second-order valence-corrected chi connectivity index (χ2v) is 8.36. The highest BCUT2D eigenvalue weighted by atomic mass is 35.5. The van der Waals surface area contributed by atoms with E-state index in [0.29, 0.717) is 30.2 Å². The molecule has 1 amide bonds. The van der Waals surface area contributed by atoms with Crippen molar-refractivity contribution in [1.29, 1.82) is 0 Å². The normalized spacial score (nSPS) is 11.1. The molecule has 0 unspecified atom stereocenters. The number of hydrogen-bond acceptors (Lipinski definition) is 4. The molecule has 2 aromatic rings. The first-order chi connectivity index (χ1) is 13.2. The lowest BCUT2D eigenvalue weighted by Crippen LogP contribution is -2.31. The topological polar surface area (TPSA) is 75.7 Å². The van der Waals surface area contributed by atoms with Crippen LogP contribution in [0.5, 0.6) is 5.75 Å².